The van der Waals surface area contributed by atoms with Crippen LogP contribution in [0.25, 0.3) is 0 Å². The van der Waals surface area contributed by atoms with Gasteiger partial charge < -0.3 is 15.4 Å². The van der Waals surface area contributed by atoms with Crippen molar-refractivity contribution >= 4 is 62.6 Å². The maximum atomic E-state index is 14.0. The predicted molar refractivity (Wildman–Crippen MR) is 188 cm³/mol. The van der Waals surface area contributed by atoms with Crippen molar-refractivity contribution < 1.29 is 23.9 Å². The number of amides is 3. The van der Waals surface area contributed by atoms with Crippen molar-refractivity contribution in [2.75, 3.05) is 18.1 Å². The van der Waals surface area contributed by atoms with E-state index in [1.165, 1.54) is 6.42 Å². The van der Waals surface area contributed by atoms with Gasteiger partial charge in [-0.2, -0.15) is 15.7 Å². The topological polar surface area (TPSA) is 137 Å². The van der Waals surface area contributed by atoms with Gasteiger partial charge in [-0.05, 0) is 105 Å². The molecule has 2 aliphatic heterocycles. The first-order chi connectivity index (χ1) is 22.8. The molecule has 5 rings (SSSR count). The Kier molecular flexibility index (Phi) is 13.5. The number of ether oxygens (including phenoxy) is 1. The van der Waals surface area contributed by atoms with Crippen LogP contribution in [-0.4, -0.2) is 64.0 Å². The highest BCUT2D eigenvalue weighted by Gasteiger charge is 2.36. The van der Waals surface area contributed by atoms with Crippen LogP contribution in [0.4, 0.5) is 4.79 Å². The summed E-state index contributed by atoms with van der Waals surface area (Å²) in [6, 6.07) is 8.96. The van der Waals surface area contributed by atoms with Crippen LogP contribution >= 0.6 is 34.0 Å². The minimum atomic E-state index is -0.966. The normalized spacial score (nSPS) is 24.6. The van der Waals surface area contributed by atoms with Crippen LogP contribution in [0.5, 0.6) is 0 Å². The molecule has 5 atom stereocenters. The fourth-order valence-corrected chi connectivity index (χ4v) is 10.8. The third-order valence-corrected chi connectivity index (χ3v) is 13.7. The van der Waals surface area contributed by atoms with Crippen molar-refractivity contribution in [3.05, 3.63) is 34.9 Å². The Hall–Kier alpha value is -2.55. The lowest BCUT2D eigenvalue weighted by molar-refractivity contribution is -0.127. The summed E-state index contributed by atoms with van der Waals surface area (Å²) in [7, 11) is -0.420. The summed E-state index contributed by atoms with van der Waals surface area (Å²) in [4.78, 5) is 53.6. The van der Waals surface area contributed by atoms with E-state index in [1.54, 1.807) is 0 Å². The molecule has 4 aliphatic rings. The first-order valence-corrected chi connectivity index (χ1v) is 20.1. The van der Waals surface area contributed by atoms with Crippen molar-refractivity contribution in [2.45, 2.75) is 107 Å². The van der Waals surface area contributed by atoms with Crippen molar-refractivity contribution in [3.63, 3.8) is 0 Å². The summed E-state index contributed by atoms with van der Waals surface area (Å²) >= 11 is 7.23. The van der Waals surface area contributed by atoms with E-state index in [-0.39, 0.29) is 40.9 Å². The fraction of sp³-hybridized carbons (Fsp3) is 0.657. The summed E-state index contributed by atoms with van der Waals surface area (Å²) in [6.45, 7) is 0.532. The first-order valence-electron chi connectivity index (χ1n) is 17.2. The van der Waals surface area contributed by atoms with Crippen LogP contribution in [0.1, 0.15) is 89.0 Å². The van der Waals surface area contributed by atoms with Crippen LogP contribution in [0, 0.1) is 29.1 Å². The standard InChI is InChI=1S/C35H47ClN4O5S2/c36-27-12-6-10-24(19-27)18-25-11-7-13-29(25)45-35(44)40-46-30(20-23-8-2-1-3-9-23)34(43)39-28(21-26-14-15-38-33(26)42)32(41)31(22-37)47-16-4-5-17-47/h6,10,12,19,23,25-26,28-30H,1-5,7-9,11,13-18,20-21H2,(H,38,42)(H,39,43)(H,40,44)/t25?,26-,28-,29?,30-/m0/s1. The monoisotopic (exact) mass is 702 g/mol. The highest BCUT2D eigenvalue weighted by atomic mass is 35.5. The van der Waals surface area contributed by atoms with E-state index in [2.05, 4.69) is 21.4 Å². The minimum absolute atomic E-state index is 0.128. The Labute approximate surface area is 290 Å². The van der Waals surface area contributed by atoms with Crippen LogP contribution < -0.4 is 15.4 Å². The molecule has 2 unspecified atom stereocenters. The van der Waals surface area contributed by atoms with Gasteiger partial charge in [0, 0.05) is 23.4 Å². The SMILES string of the molecule is N#CC(C(=O)[C@H](C[C@@H]1CCNC1=O)NC(=O)[C@H](CC1CCCCC1)SNC(=O)OC1CCCC1Cc1cccc(Cl)c1)=S1CCCC1. The molecule has 12 heteroatoms. The van der Waals surface area contributed by atoms with Gasteiger partial charge >= 0.3 is 6.09 Å². The predicted octanol–water partition coefficient (Wildman–Crippen LogP) is 6.10. The van der Waals surface area contributed by atoms with Gasteiger partial charge in [-0.3, -0.25) is 19.1 Å². The molecule has 2 heterocycles. The number of Topliss-reactive ketones (excluding diaryl/α,β-unsaturated/α-hetero) is 1. The zero-order valence-corrected chi connectivity index (χ0v) is 29.4. The van der Waals surface area contributed by atoms with E-state index in [0.29, 0.717) is 30.3 Å². The average Bonchev–Trinajstić information content (AvgIpc) is 3.84. The number of hydrogen-bond acceptors (Lipinski definition) is 7. The molecule has 3 amide bonds. The van der Waals surface area contributed by atoms with Crippen molar-refractivity contribution in [1.82, 2.24) is 15.4 Å². The third-order valence-electron chi connectivity index (χ3n) is 10.0. The maximum absolute atomic E-state index is 14.0. The second-order valence-electron chi connectivity index (χ2n) is 13.4. The van der Waals surface area contributed by atoms with Crippen LogP contribution in [0.15, 0.2) is 24.3 Å². The molecule has 0 spiro atoms. The molecule has 2 aliphatic carbocycles. The molecule has 2 saturated heterocycles. The number of nitriles is 1. The van der Waals surface area contributed by atoms with E-state index in [4.69, 9.17) is 16.3 Å². The second kappa shape index (κ2) is 17.7. The summed E-state index contributed by atoms with van der Waals surface area (Å²) in [6.07, 6.45) is 11.4. The smallest absolute Gasteiger partial charge is 0.417 e. The maximum Gasteiger partial charge on any atom is 0.417 e. The van der Waals surface area contributed by atoms with E-state index < -0.39 is 33.8 Å². The fourth-order valence-electron chi connectivity index (χ4n) is 7.50. The van der Waals surface area contributed by atoms with Crippen molar-refractivity contribution in [2.24, 2.45) is 17.8 Å². The number of nitrogens with one attached hydrogen (secondary N) is 3. The van der Waals surface area contributed by atoms with Gasteiger partial charge in [0.25, 0.3) is 0 Å². The van der Waals surface area contributed by atoms with E-state index in [0.717, 1.165) is 93.2 Å². The van der Waals surface area contributed by atoms with Gasteiger partial charge in [-0.15, -0.1) is 0 Å². The molecule has 47 heavy (non-hydrogen) atoms. The number of halogens is 1. The van der Waals surface area contributed by atoms with Crippen molar-refractivity contribution in [3.8, 4) is 6.07 Å². The lowest BCUT2D eigenvalue weighted by Crippen LogP contribution is -2.49. The molecule has 3 N–H and O–H groups in total. The summed E-state index contributed by atoms with van der Waals surface area (Å²) in [5, 5.41) is 15.8. The molecular formula is C35H47ClN4O5S2. The Morgan fingerprint density at radius 2 is 1.83 bits per heavy atom. The molecule has 1 aromatic rings. The second-order valence-corrected chi connectivity index (χ2v) is 17.1. The number of ketones is 1. The van der Waals surface area contributed by atoms with E-state index in [1.807, 2.05) is 24.3 Å². The molecule has 0 aromatic heterocycles. The van der Waals surface area contributed by atoms with Crippen LogP contribution in [0.2, 0.25) is 5.02 Å². The summed E-state index contributed by atoms with van der Waals surface area (Å²) in [5.74, 6) is 0.889. The largest absolute Gasteiger partial charge is 0.445 e. The molecular weight excluding hydrogens is 656 g/mol. The number of benzene rings is 1. The summed E-state index contributed by atoms with van der Waals surface area (Å²) < 4.78 is 8.70. The third kappa shape index (κ3) is 10.2. The molecule has 4 fully saturated rings. The van der Waals surface area contributed by atoms with Gasteiger partial charge in [0.2, 0.25) is 17.6 Å². The lowest BCUT2D eigenvalue weighted by Gasteiger charge is -2.28. The minimum Gasteiger partial charge on any atom is -0.445 e. The van der Waals surface area contributed by atoms with Crippen LogP contribution in [0.3, 0.4) is 0 Å². The number of nitrogens with zero attached hydrogens (tertiary/aromatic N) is 1. The summed E-state index contributed by atoms with van der Waals surface area (Å²) in [5.41, 5.74) is 1.11. The lowest BCUT2D eigenvalue weighted by atomic mass is 9.86. The Balaban J connectivity index is 1.25. The number of carbonyl (C=O) groups excluding carboxylic acids is 4. The molecule has 2 saturated carbocycles. The van der Waals surface area contributed by atoms with Gasteiger partial charge in [-0.25, -0.2) is 4.79 Å². The van der Waals surface area contributed by atoms with E-state index >= 15 is 0 Å². The first kappa shape index (κ1) is 35.7. The molecule has 9 nitrogen and oxygen atoms in total. The average molecular weight is 703 g/mol. The highest BCUT2D eigenvalue weighted by Crippen LogP contribution is 2.34. The van der Waals surface area contributed by atoms with Gasteiger partial charge in [0.15, 0.2) is 0 Å². The highest BCUT2D eigenvalue weighted by molar-refractivity contribution is 8.17. The molecule has 256 valence electrons. The van der Waals surface area contributed by atoms with Gasteiger partial charge in [0.1, 0.15) is 22.3 Å². The van der Waals surface area contributed by atoms with Crippen molar-refractivity contribution in [1.29, 1.82) is 5.26 Å². The quantitative estimate of drug-likeness (QED) is 0.167. The Morgan fingerprint density at radius 3 is 2.53 bits per heavy atom. The zero-order valence-electron chi connectivity index (χ0n) is 27.0. The number of rotatable bonds is 13. The van der Waals surface area contributed by atoms with Crippen LogP contribution in [-0.2, 0) is 25.5 Å². The van der Waals surface area contributed by atoms with Gasteiger partial charge in [-0.1, -0.05) is 55.8 Å². The number of hydrogen-bond donors (Lipinski definition) is 3. The Morgan fingerprint density at radius 1 is 1.04 bits per heavy atom. The number of carbonyl (C=O) groups is 4. The Bertz CT molecular complexity index is 1370. The van der Waals surface area contributed by atoms with Gasteiger partial charge in [0.05, 0.1) is 6.04 Å². The molecule has 0 radical (unpaired) electrons. The molecule has 0 bridgehead atoms. The van der Waals surface area contributed by atoms with E-state index in [9.17, 15) is 24.4 Å². The molecule has 1 aromatic carbocycles. The zero-order chi connectivity index (χ0) is 33.2.